The Labute approximate surface area is 57.8 Å². The van der Waals surface area contributed by atoms with Crippen LogP contribution < -0.4 is 0 Å². The molecule has 1 aliphatic heterocycles. The van der Waals surface area contributed by atoms with Crippen molar-refractivity contribution < 1.29 is 9.59 Å². The van der Waals surface area contributed by atoms with E-state index in [4.69, 9.17) is 0 Å². The van der Waals surface area contributed by atoms with Crippen LogP contribution in [0.5, 0.6) is 0 Å². The van der Waals surface area contributed by atoms with E-state index in [1.807, 2.05) is 0 Å². The predicted molar refractivity (Wildman–Crippen MR) is 35.4 cm³/mol. The van der Waals surface area contributed by atoms with Crippen molar-refractivity contribution >= 4 is 18.9 Å². The molecule has 52 valence electrons. The van der Waals surface area contributed by atoms with Crippen LogP contribution in [0.15, 0.2) is 16.9 Å². The number of amides is 1. The van der Waals surface area contributed by atoms with Crippen molar-refractivity contribution in [3.8, 4) is 0 Å². The molecule has 4 heteroatoms. The number of nitrogens with zero attached hydrogens (tertiary/aromatic N) is 2. The van der Waals surface area contributed by atoms with E-state index in [2.05, 4.69) is 4.99 Å². The van der Waals surface area contributed by atoms with E-state index in [9.17, 15) is 9.59 Å². The molecular formula is C6H6N2O2. The number of aliphatic imine (C=N–C) groups is 1. The summed E-state index contributed by atoms with van der Waals surface area (Å²) in [6.45, 7) is 0.383. The van der Waals surface area contributed by atoms with Gasteiger partial charge in [-0.25, -0.2) is 0 Å². The lowest BCUT2D eigenvalue weighted by Crippen LogP contribution is -2.26. The molecule has 0 aromatic rings. The van der Waals surface area contributed by atoms with Crippen LogP contribution in [0.4, 0.5) is 0 Å². The monoisotopic (exact) mass is 138 g/mol. The quantitative estimate of drug-likeness (QED) is 0.486. The van der Waals surface area contributed by atoms with Gasteiger partial charge in [0.05, 0.1) is 12.7 Å². The Morgan fingerprint density at radius 3 is 2.90 bits per heavy atom. The summed E-state index contributed by atoms with van der Waals surface area (Å²) in [6, 6.07) is 0. The summed E-state index contributed by atoms with van der Waals surface area (Å²) in [5, 5.41) is 0. The number of carbonyl (C=O) groups excluding carboxylic acids is 2. The fourth-order valence-electron chi connectivity index (χ4n) is 0.646. The topological polar surface area (TPSA) is 49.7 Å². The normalized spacial score (nSPS) is 16.4. The molecule has 10 heavy (non-hydrogen) atoms. The van der Waals surface area contributed by atoms with Crippen LogP contribution in [0, 0.1) is 0 Å². The van der Waals surface area contributed by atoms with Crippen molar-refractivity contribution in [3.63, 3.8) is 0 Å². The minimum absolute atomic E-state index is 0.303. The van der Waals surface area contributed by atoms with E-state index in [1.54, 1.807) is 6.21 Å². The molecule has 1 amide bonds. The van der Waals surface area contributed by atoms with E-state index < -0.39 is 0 Å². The first-order valence-corrected chi connectivity index (χ1v) is 2.77. The first-order chi connectivity index (χ1) is 4.88. The number of hydrogen-bond acceptors (Lipinski definition) is 3. The minimum Gasteiger partial charge on any atom is -0.305 e. The Balaban J connectivity index is 2.79. The average molecular weight is 138 g/mol. The van der Waals surface area contributed by atoms with E-state index in [1.165, 1.54) is 11.1 Å². The minimum atomic E-state index is 0.303. The SMILES string of the molecule is O=CC1=CN=CCN1C=O. The van der Waals surface area contributed by atoms with Crippen molar-refractivity contribution in [1.29, 1.82) is 0 Å². The zero-order valence-electron chi connectivity index (χ0n) is 5.23. The molecule has 0 bridgehead atoms. The van der Waals surface area contributed by atoms with Crippen molar-refractivity contribution in [2.45, 2.75) is 0 Å². The molecule has 0 N–H and O–H groups in total. The number of aldehydes is 1. The van der Waals surface area contributed by atoms with Gasteiger partial charge in [-0.3, -0.25) is 14.6 Å². The van der Waals surface area contributed by atoms with Crippen LogP contribution in [0.1, 0.15) is 0 Å². The number of rotatable bonds is 2. The maximum Gasteiger partial charge on any atom is 0.214 e. The average Bonchev–Trinajstić information content (AvgIpc) is 2.04. The van der Waals surface area contributed by atoms with Gasteiger partial charge in [0.1, 0.15) is 5.70 Å². The molecule has 4 nitrogen and oxygen atoms in total. The molecule has 0 aromatic heterocycles. The zero-order valence-corrected chi connectivity index (χ0v) is 5.23. The van der Waals surface area contributed by atoms with E-state index in [0.29, 0.717) is 24.9 Å². The number of allylic oxidation sites excluding steroid dienone is 1. The predicted octanol–water partition coefficient (Wildman–Crippen LogP) is -0.431. The molecule has 0 atom stereocenters. The van der Waals surface area contributed by atoms with Gasteiger partial charge in [0.2, 0.25) is 6.41 Å². The highest BCUT2D eigenvalue weighted by Crippen LogP contribution is 2.00. The lowest BCUT2D eigenvalue weighted by atomic mass is 10.4. The summed E-state index contributed by atoms with van der Waals surface area (Å²) in [4.78, 5) is 25.4. The first-order valence-electron chi connectivity index (χ1n) is 2.77. The van der Waals surface area contributed by atoms with Gasteiger partial charge in [0, 0.05) is 6.21 Å². The molecule has 1 aliphatic rings. The smallest absolute Gasteiger partial charge is 0.214 e. The van der Waals surface area contributed by atoms with Gasteiger partial charge < -0.3 is 4.90 Å². The molecule has 1 rings (SSSR count). The third kappa shape index (κ3) is 1.10. The van der Waals surface area contributed by atoms with Crippen LogP contribution in [0.25, 0.3) is 0 Å². The third-order valence-electron chi connectivity index (χ3n) is 1.17. The van der Waals surface area contributed by atoms with Gasteiger partial charge >= 0.3 is 0 Å². The molecule has 0 aliphatic carbocycles. The molecule has 1 heterocycles. The maximum atomic E-state index is 10.2. The summed E-state index contributed by atoms with van der Waals surface area (Å²) < 4.78 is 0. The molecule has 0 aromatic carbocycles. The highest BCUT2D eigenvalue weighted by molar-refractivity contribution is 5.81. The van der Waals surface area contributed by atoms with Gasteiger partial charge in [-0.05, 0) is 0 Å². The van der Waals surface area contributed by atoms with Gasteiger partial charge in [-0.2, -0.15) is 0 Å². The van der Waals surface area contributed by atoms with Crippen molar-refractivity contribution in [1.82, 2.24) is 4.90 Å². The van der Waals surface area contributed by atoms with E-state index >= 15 is 0 Å². The fourth-order valence-corrected chi connectivity index (χ4v) is 0.646. The molecule has 0 spiro atoms. The van der Waals surface area contributed by atoms with Gasteiger partial charge in [0.15, 0.2) is 6.29 Å². The Bertz CT molecular complexity index is 208. The summed E-state index contributed by atoms with van der Waals surface area (Å²) >= 11 is 0. The second-order valence-electron chi connectivity index (χ2n) is 1.76. The van der Waals surface area contributed by atoms with Crippen molar-refractivity contribution in [2.75, 3.05) is 6.54 Å². The van der Waals surface area contributed by atoms with E-state index in [0.717, 1.165) is 0 Å². The van der Waals surface area contributed by atoms with Crippen LogP contribution in [0.3, 0.4) is 0 Å². The number of hydrogen-bond donors (Lipinski definition) is 0. The molecule has 0 saturated heterocycles. The Morgan fingerprint density at radius 2 is 2.40 bits per heavy atom. The van der Waals surface area contributed by atoms with Crippen LogP contribution in [-0.2, 0) is 9.59 Å². The summed E-state index contributed by atoms with van der Waals surface area (Å²) in [5.41, 5.74) is 0.303. The lowest BCUT2D eigenvalue weighted by Gasteiger charge is -2.15. The molecule has 0 unspecified atom stereocenters. The lowest BCUT2D eigenvalue weighted by molar-refractivity contribution is -0.118. The second-order valence-corrected chi connectivity index (χ2v) is 1.76. The molecule has 0 radical (unpaired) electrons. The molecule has 0 fully saturated rings. The maximum absolute atomic E-state index is 10.2. The second kappa shape index (κ2) is 2.91. The molecular weight excluding hydrogens is 132 g/mol. The third-order valence-corrected chi connectivity index (χ3v) is 1.17. The van der Waals surface area contributed by atoms with Crippen LogP contribution in [-0.4, -0.2) is 30.4 Å². The zero-order chi connectivity index (χ0) is 7.40. The largest absolute Gasteiger partial charge is 0.305 e. The Hall–Kier alpha value is -1.45. The first kappa shape index (κ1) is 6.67. The summed E-state index contributed by atoms with van der Waals surface area (Å²) in [5.74, 6) is 0. The highest BCUT2D eigenvalue weighted by Gasteiger charge is 2.07. The molecule has 0 saturated carbocycles. The summed E-state index contributed by atoms with van der Waals surface area (Å²) in [7, 11) is 0. The Morgan fingerprint density at radius 1 is 1.60 bits per heavy atom. The van der Waals surface area contributed by atoms with Gasteiger partial charge in [-0.15, -0.1) is 0 Å². The fraction of sp³-hybridized carbons (Fsp3) is 0.167. The van der Waals surface area contributed by atoms with Gasteiger partial charge in [-0.1, -0.05) is 0 Å². The van der Waals surface area contributed by atoms with Crippen LogP contribution >= 0.6 is 0 Å². The number of carbonyl (C=O) groups is 2. The van der Waals surface area contributed by atoms with Crippen molar-refractivity contribution in [2.24, 2.45) is 4.99 Å². The van der Waals surface area contributed by atoms with Gasteiger partial charge in [0.25, 0.3) is 0 Å². The van der Waals surface area contributed by atoms with Crippen molar-refractivity contribution in [3.05, 3.63) is 11.9 Å². The Kier molecular flexibility index (Phi) is 1.94. The highest BCUT2D eigenvalue weighted by atomic mass is 16.1. The summed E-state index contributed by atoms with van der Waals surface area (Å²) in [6.07, 6.45) is 4.11. The van der Waals surface area contributed by atoms with E-state index in [-0.39, 0.29) is 0 Å². The standard InChI is InChI=1S/C6H6N2O2/c9-4-6-3-7-1-2-8(6)5-10/h1,3-5H,2H2. The van der Waals surface area contributed by atoms with Crippen LogP contribution in [0.2, 0.25) is 0 Å².